The zero-order valence-corrected chi connectivity index (χ0v) is 12.7. The molecule has 0 spiro atoms. The molecule has 0 aliphatic carbocycles. The van der Waals surface area contributed by atoms with Gasteiger partial charge in [0.15, 0.2) is 0 Å². The fraction of sp³-hybridized carbons (Fsp3) is 0.308. The number of nitrogens with zero attached hydrogens (tertiary/aromatic N) is 1. The average molecular weight is 366 g/mol. The van der Waals surface area contributed by atoms with Crippen molar-refractivity contribution < 1.29 is 18.0 Å². The highest BCUT2D eigenvalue weighted by molar-refractivity contribution is 9.09. The molecule has 7 heteroatoms. The Labute approximate surface area is 126 Å². The van der Waals surface area contributed by atoms with Crippen molar-refractivity contribution in [2.24, 2.45) is 0 Å². The van der Waals surface area contributed by atoms with Gasteiger partial charge >= 0.3 is 0 Å². The largest absolute Gasteiger partial charge is 0.331 e. The molecular weight excluding hydrogens is 355 g/mol. The summed E-state index contributed by atoms with van der Waals surface area (Å²) in [6, 6.07) is 5.81. The molecule has 0 radical (unpaired) electrons. The normalized spacial score (nSPS) is 11.2. The highest BCUT2D eigenvalue weighted by Crippen LogP contribution is 2.27. The summed E-state index contributed by atoms with van der Waals surface area (Å²) >= 11 is 4.25. The molecule has 0 saturated carbocycles. The quantitative estimate of drug-likeness (QED) is 0.729. The van der Waals surface area contributed by atoms with E-state index in [0.29, 0.717) is 14.9 Å². The van der Waals surface area contributed by atoms with Crippen LogP contribution in [0.4, 0.5) is 13.2 Å². The van der Waals surface area contributed by atoms with Gasteiger partial charge in [-0.2, -0.15) is 0 Å². The van der Waals surface area contributed by atoms with E-state index in [9.17, 15) is 18.0 Å². The van der Waals surface area contributed by atoms with Crippen LogP contribution >= 0.6 is 27.3 Å². The fourth-order valence-corrected chi connectivity index (χ4v) is 3.29. The molecule has 0 atom stereocenters. The van der Waals surface area contributed by atoms with E-state index in [1.165, 1.54) is 12.1 Å². The molecule has 20 heavy (non-hydrogen) atoms. The van der Waals surface area contributed by atoms with Gasteiger partial charge in [-0.1, -0.05) is 22.0 Å². The number of carbonyl (C=O) groups excluding carboxylic acids is 1. The second-order valence-electron chi connectivity index (χ2n) is 4.12. The number of thiophene rings is 1. The number of halogens is 4. The lowest BCUT2D eigenvalue weighted by Gasteiger charge is -2.20. The van der Waals surface area contributed by atoms with Crippen molar-refractivity contribution in [1.82, 2.24) is 4.90 Å². The Morgan fingerprint density at radius 1 is 1.35 bits per heavy atom. The summed E-state index contributed by atoms with van der Waals surface area (Å²) < 4.78 is 38.7. The van der Waals surface area contributed by atoms with E-state index in [1.54, 1.807) is 12.1 Å². The van der Waals surface area contributed by atoms with E-state index in [2.05, 4.69) is 15.9 Å². The second kappa shape index (κ2) is 6.58. The van der Waals surface area contributed by atoms with Crippen LogP contribution in [0.1, 0.15) is 9.67 Å². The molecule has 1 amide bonds. The smallest absolute Gasteiger partial charge is 0.264 e. The molecule has 1 heterocycles. The molecule has 0 aliphatic rings. The first-order valence-electron chi connectivity index (χ1n) is 5.83. The van der Waals surface area contributed by atoms with E-state index >= 15 is 0 Å². The fourth-order valence-electron chi connectivity index (χ4n) is 1.81. The summed E-state index contributed by atoms with van der Waals surface area (Å²) in [4.78, 5) is 13.7. The number of alkyl halides is 3. The maximum Gasteiger partial charge on any atom is 0.264 e. The Bertz CT molecular complexity index is 617. The zero-order chi connectivity index (χ0) is 14.7. The number of carbonyl (C=O) groups is 1. The standard InChI is InChI=1S/C13H11BrF3NOS/c14-3-4-18(7-12(16)17)13(19)11-5-8-1-2-9(15)6-10(8)20-11/h1-2,5-6,12H,3-4,7H2. The molecule has 2 aromatic rings. The third-order valence-electron chi connectivity index (χ3n) is 2.69. The van der Waals surface area contributed by atoms with Crippen molar-refractivity contribution in [1.29, 1.82) is 0 Å². The Morgan fingerprint density at radius 3 is 2.75 bits per heavy atom. The van der Waals surface area contributed by atoms with Gasteiger partial charge in [-0.05, 0) is 23.6 Å². The number of benzene rings is 1. The lowest BCUT2D eigenvalue weighted by Crippen LogP contribution is -2.36. The Hall–Kier alpha value is -1.08. The number of fused-ring (bicyclic) bond motifs is 1. The molecule has 0 N–H and O–H groups in total. The highest BCUT2D eigenvalue weighted by Gasteiger charge is 2.21. The van der Waals surface area contributed by atoms with Crippen LogP contribution in [0.15, 0.2) is 24.3 Å². The maximum absolute atomic E-state index is 13.1. The minimum Gasteiger partial charge on any atom is -0.331 e. The van der Waals surface area contributed by atoms with Gasteiger partial charge in [-0.3, -0.25) is 4.79 Å². The van der Waals surface area contributed by atoms with Crippen LogP contribution in [0.5, 0.6) is 0 Å². The summed E-state index contributed by atoms with van der Waals surface area (Å²) in [5, 5.41) is 1.15. The predicted octanol–water partition coefficient (Wildman–Crippen LogP) is 4.14. The molecule has 1 aromatic heterocycles. The molecule has 0 fully saturated rings. The van der Waals surface area contributed by atoms with Gasteiger partial charge in [-0.15, -0.1) is 11.3 Å². The number of hydrogen-bond donors (Lipinski definition) is 0. The number of amides is 1. The molecule has 0 bridgehead atoms. The van der Waals surface area contributed by atoms with Gasteiger partial charge in [0.1, 0.15) is 5.82 Å². The summed E-state index contributed by atoms with van der Waals surface area (Å²) in [7, 11) is 0. The van der Waals surface area contributed by atoms with Gasteiger partial charge < -0.3 is 4.90 Å². The van der Waals surface area contributed by atoms with Crippen molar-refractivity contribution in [3.63, 3.8) is 0 Å². The Balaban J connectivity index is 2.28. The summed E-state index contributed by atoms with van der Waals surface area (Å²) in [6.07, 6.45) is -2.58. The predicted molar refractivity (Wildman–Crippen MR) is 77.5 cm³/mol. The SMILES string of the molecule is O=C(c1cc2ccc(F)cc2s1)N(CCBr)CC(F)F. The zero-order valence-electron chi connectivity index (χ0n) is 10.3. The second-order valence-corrected chi connectivity index (χ2v) is 6.00. The maximum atomic E-state index is 13.1. The number of hydrogen-bond acceptors (Lipinski definition) is 2. The van der Waals surface area contributed by atoms with Gasteiger partial charge in [0.25, 0.3) is 12.3 Å². The average Bonchev–Trinajstić information content (AvgIpc) is 2.79. The van der Waals surface area contributed by atoms with Crippen LogP contribution in [0.25, 0.3) is 10.1 Å². The summed E-state index contributed by atoms with van der Waals surface area (Å²) in [6.45, 7) is -0.404. The third kappa shape index (κ3) is 3.52. The molecular formula is C13H11BrF3NOS. The van der Waals surface area contributed by atoms with Crippen LogP contribution in [-0.4, -0.2) is 35.7 Å². The minimum absolute atomic E-state index is 0.200. The van der Waals surface area contributed by atoms with Gasteiger partial charge in [0, 0.05) is 16.6 Å². The van der Waals surface area contributed by atoms with Crippen LogP contribution in [0.2, 0.25) is 0 Å². The molecule has 2 nitrogen and oxygen atoms in total. The monoisotopic (exact) mass is 365 g/mol. The Kier molecular flexibility index (Phi) is 5.04. The first-order chi connectivity index (χ1) is 9.51. The van der Waals surface area contributed by atoms with E-state index in [4.69, 9.17) is 0 Å². The summed E-state index contributed by atoms with van der Waals surface area (Å²) in [5.74, 6) is -0.838. The van der Waals surface area contributed by atoms with E-state index in [1.807, 2.05) is 0 Å². The molecule has 108 valence electrons. The van der Waals surface area contributed by atoms with Crippen molar-refractivity contribution in [3.8, 4) is 0 Å². The molecule has 0 aliphatic heterocycles. The number of rotatable bonds is 5. The van der Waals surface area contributed by atoms with Crippen LogP contribution < -0.4 is 0 Å². The van der Waals surface area contributed by atoms with Crippen molar-refractivity contribution in [2.45, 2.75) is 6.43 Å². The van der Waals surface area contributed by atoms with Crippen LogP contribution in [-0.2, 0) is 0 Å². The minimum atomic E-state index is -2.58. The molecule has 0 unspecified atom stereocenters. The summed E-state index contributed by atoms with van der Waals surface area (Å²) in [5.41, 5.74) is 0. The van der Waals surface area contributed by atoms with Gasteiger partial charge in [0.2, 0.25) is 0 Å². The topological polar surface area (TPSA) is 20.3 Å². The molecule has 1 aromatic carbocycles. The lowest BCUT2D eigenvalue weighted by atomic mass is 10.2. The molecule has 2 rings (SSSR count). The van der Waals surface area contributed by atoms with Crippen molar-refractivity contribution in [2.75, 3.05) is 18.4 Å². The van der Waals surface area contributed by atoms with E-state index < -0.39 is 18.9 Å². The van der Waals surface area contributed by atoms with Crippen molar-refractivity contribution >= 4 is 43.3 Å². The highest BCUT2D eigenvalue weighted by atomic mass is 79.9. The molecule has 0 saturated heterocycles. The van der Waals surface area contributed by atoms with Crippen LogP contribution in [0.3, 0.4) is 0 Å². The van der Waals surface area contributed by atoms with Crippen molar-refractivity contribution in [3.05, 3.63) is 35.0 Å². The first-order valence-corrected chi connectivity index (χ1v) is 7.77. The van der Waals surface area contributed by atoms with E-state index in [0.717, 1.165) is 21.6 Å². The lowest BCUT2D eigenvalue weighted by molar-refractivity contribution is 0.0577. The van der Waals surface area contributed by atoms with Gasteiger partial charge in [-0.25, -0.2) is 13.2 Å². The third-order valence-corrected chi connectivity index (χ3v) is 4.13. The van der Waals surface area contributed by atoms with E-state index in [-0.39, 0.29) is 12.4 Å². The van der Waals surface area contributed by atoms with Crippen LogP contribution in [0, 0.1) is 5.82 Å². The Morgan fingerprint density at radius 2 is 2.10 bits per heavy atom. The van der Waals surface area contributed by atoms with Gasteiger partial charge in [0.05, 0.1) is 11.4 Å². The first kappa shape index (κ1) is 15.3.